The lowest BCUT2D eigenvalue weighted by Crippen LogP contribution is -3.27. The number of nitrogens with one attached hydrogen (secondary N) is 2. The second-order valence-corrected chi connectivity index (χ2v) is 8.11. The average Bonchev–Trinajstić information content (AvgIpc) is 3.26. The third-order valence-electron chi connectivity index (χ3n) is 6.53. The predicted octanol–water partition coefficient (Wildman–Crippen LogP) is 0.199. The van der Waals surface area contributed by atoms with Crippen molar-refractivity contribution in [2.45, 2.75) is 19.4 Å². The number of hydrogen-bond acceptors (Lipinski definition) is 2. The number of quaternary nitrogens is 2. The molecule has 2 fully saturated rings. The third-order valence-corrected chi connectivity index (χ3v) is 6.53. The lowest BCUT2D eigenvalue weighted by molar-refractivity contribution is -1.02. The molecule has 3 aliphatic rings. The van der Waals surface area contributed by atoms with Gasteiger partial charge in [0, 0.05) is 11.5 Å². The normalized spacial score (nSPS) is 33.6. The summed E-state index contributed by atoms with van der Waals surface area (Å²) in [6.07, 6.45) is 7.85. The molecule has 0 radical (unpaired) electrons. The lowest BCUT2D eigenvalue weighted by Gasteiger charge is -2.32. The Morgan fingerprint density at radius 2 is 1.68 bits per heavy atom. The molecule has 1 saturated carbocycles. The van der Waals surface area contributed by atoms with Crippen molar-refractivity contribution >= 4 is 0 Å². The molecule has 136 valence electrons. The van der Waals surface area contributed by atoms with Gasteiger partial charge in [-0.3, -0.25) is 0 Å². The number of fused-ring (bicyclic) bond motifs is 2. The van der Waals surface area contributed by atoms with Gasteiger partial charge in [0.2, 0.25) is 0 Å². The summed E-state index contributed by atoms with van der Waals surface area (Å²) in [5.41, 5.74) is 1.34. The van der Waals surface area contributed by atoms with Gasteiger partial charge in [0.15, 0.2) is 11.5 Å². The first-order chi connectivity index (χ1) is 12.2. The highest BCUT2D eigenvalue weighted by molar-refractivity contribution is 5.42. The molecule has 3 atom stereocenters. The Kier molecular flexibility index (Phi) is 5.00. The van der Waals surface area contributed by atoms with Gasteiger partial charge < -0.3 is 19.3 Å². The van der Waals surface area contributed by atoms with Crippen LogP contribution in [0.25, 0.3) is 0 Å². The molecule has 25 heavy (non-hydrogen) atoms. The van der Waals surface area contributed by atoms with E-state index >= 15 is 0 Å². The van der Waals surface area contributed by atoms with Gasteiger partial charge in [-0.25, -0.2) is 0 Å². The van der Waals surface area contributed by atoms with Gasteiger partial charge in [-0.05, 0) is 42.9 Å². The van der Waals surface area contributed by atoms with Crippen molar-refractivity contribution in [3.8, 4) is 11.5 Å². The van der Waals surface area contributed by atoms with Crippen LogP contribution in [0.2, 0.25) is 0 Å². The number of piperazine rings is 1. The Hall–Kier alpha value is -1.52. The zero-order chi connectivity index (χ0) is 17.2. The molecule has 0 spiro atoms. The molecular weight excluding hydrogens is 312 g/mol. The third kappa shape index (κ3) is 3.70. The van der Waals surface area contributed by atoms with Crippen molar-refractivity contribution in [1.29, 1.82) is 0 Å². The number of allylic oxidation sites excluding steroid dienone is 2. The first-order valence-corrected chi connectivity index (χ1v) is 9.81. The molecular formula is C21H32N2O2+2. The SMILES string of the molecule is COc1ccc(C[NH+]2CC[NH+](C[C@@H]3C[C@H]4C=C[C@@H]3C4)CC2)cc1OC. The van der Waals surface area contributed by atoms with Crippen molar-refractivity contribution in [2.24, 2.45) is 17.8 Å². The number of hydrogen-bond donors (Lipinski definition) is 2. The van der Waals surface area contributed by atoms with Crippen LogP contribution in [0.5, 0.6) is 11.5 Å². The number of benzene rings is 1. The highest BCUT2D eigenvalue weighted by Crippen LogP contribution is 2.42. The van der Waals surface area contributed by atoms with E-state index in [9.17, 15) is 0 Å². The fraction of sp³-hybridized carbons (Fsp3) is 0.619. The summed E-state index contributed by atoms with van der Waals surface area (Å²) >= 11 is 0. The van der Waals surface area contributed by atoms with Crippen molar-refractivity contribution in [1.82, 2.24) is 0 Å². The van der Waals surface area contributed by atoms with Crippen LogP contribution in [0.4, 0.5) is 0 Å². The summed E-state index contributed by atoms with van der Waals surface area (Å²) in [4.78, 5) is 3.53. The predicted molar refractivity (Wildman–Crippen MR) is 98.4 cm³/mol. The summed E-state index contributed by atoms with van der Waals surface area (Å²) in [5, 5.41) is 0. The molecule has 2 N–H and O–H groups in total. The number of rotatable bonds is 6. The molecule has 0 aromatic heterocycles. The fourth-order valence-corrected chi connectivity index (χ4v) is 5.12. The molecule has 1 aliphatic heterocycles. The van der Waals surface area contributed by atoms with Gasteiger partial charge in [0.25, 0.3) is 0 Å². The monoisotopic (exact) mass is 344 g/mol. The molecule has 1 aromatic carbocycles. The van der Waals surface area contributed by atoms with Crippen molar-refractivity contribution in [3.05, 3.63) is 35.9 Å². The summed E-state index contributed by atoms with van der Waals surface area (Å²) in [6.45, 7) is 7.68. The van der Waals surface area contributed by atoms with E-state index in [1.807, 2.05) is 11.0 Å². The van der Waals surface area contributed by atoms with Crippen LogP contribution in [-0.2, 0) is 6.54 Å². The Labute approximate surface area is 151 Å². The van der Waals surface area contributed by atoms with E-state index in [0.29, 0.717) is 0 Å². The highest BCUT2D eigenvalue weighted by atomic mass is 16.5. The number of ether oxygens (including phenoxy) is 2. The van der Waals surface area contributed by atoms with Gasteiger partial charge in [0.1, 0.15) is 32.7 Å². The largest absolute Gasteiger partial charge is 0.493 e. The maximum Gasteiger partial charge on any atom is 0.161 e. The van der Waals surface area contributed by atoms with Crippen molar-refractivity contribution in [2.75, 3.05) is 46.9 Å². The van der Waals surface area contributed by atoms with Crippen LogP contribution in [-0.4, -0.2) is 46.9 Å². The van der Waals surface area contributed by atoms with Gasteiger partial charge in [-0.15, -0.1) is 0 Å². The van der Waals surface area contributed by atoms with Crippen LogP contribution in [0.15, 0.2) is 30.4 Å². The minimum absolute atomic E-state index is 0.815. The maximum absolute atomic E-state index is 5.44. The molecule has 0 amide bonds. The number of methoxy groups -OCH3 is 2. The fourth-order valence-electron chi connectivity index (χ4n) is 5.12. The standard InChI is InChI=1S/C21H30N2O2/c1-24-20-6-4-17(13-21(20)25-2)14-22-7-9-23(10-8-22)15-19-12-16-3-5-18(19)11-16/h3-6,13,16,18-19H,7-12,14-15H2,1-2H3/p+2/t16-,18+,19-/m0/s1. The maximum atomic E-state index is 5.44. The first kappa shape index (κ1) is 16.9. The minimum Gasteiger partial charge on any atom is -0.493 e. The van der Waals surface area contributed by atoms with E-state index in [1.165, 1.54) is 51.1 Å². The van der Waals surface area contributed by atoms with E-state index in [-0.39, 0.29) is 0 Å². The molecule has 4 nitrogen and oxygen atoms in total. The molecule has 0 unspecified atom stereocenters. The zero-order valence-corrected chi connectivity index (χ0v) is 15.6. The zero-order valence-electron chi connectivity index (χ0n) is 15.6. The average molecular weight is 344 g/mol. The van der Waals surface area contributed by atoms with Crippen LogP contribution >= 0.6 is 0 Å². The smallest absolute Gasteiger partial charge is 0.161 e. The second kappa shape index (κ2) is 7.38. The summed E-state index contributed by atoms with van der Waals surface area (Å²) < 4.78 is 10.8. The molecule has 2 aliphatic carbocycles. The molecule has 4 rings (SSSR count). The van der Waals surface area contributed by atoms with Crippen LogP contribution in [0.1, 0.15) is 18.4 Å². The molecule has 1 saturated heterocycles. The van der Waals surface area contributed by atoms with Crippen LogP contribution < -0.4 is 19.3 Å². The Balaban J connectivity index is 1.27. The molecule has 2 bridgehead atoms. The van der Waals surface area contributed by atoms with Crippen LogP contribution in [0.3, 0.4) is 0 Å². The highest BCUT2D eigenvalue weighted by Gasteiger charge is 2.38. The van der Waals surface area contributed by atoms with Gasteiger partial charge >= 0.3 is 0 Å². The van der Waals surface area contributed by atoms with Crippen LogP contribution in [0, 0.1) is 17.8 Å². The van der Waals surface area contributed by atoms with E-state index in [0.717, 1.165) is 35.8 Å². The second-order valence-electron chi connectivity index (χ2n) is 8.11. The molecule has 1 heterocycles. The molecule has 4 heteroatoms. The van der Waals surface area contributed by atoms with Crippen molar-refractivity contribution < 1.29 is 19.3 Å². The first-order valence-electron chi connectivity index (χ1n) is 9.81. The molecule has 1 aromatic rings. The van der Waals surface area contributed by atoms with Crippen molar-refractivity contribution in [3.63, 3.8) is 0 Å². The Morgan fingerprint density at radius 3 is 2.32 bits per heavy atom. The minimum atomic E-state index is 0.815. The summed E-state index contributed by atoms with van der Waals surface area (Å²) in [7, 11) is 3.40. The quantitative estimate of drug-likeness (QED) is 0.722. The van der Waals surface area contributed by atoms with E-state index in [2.05, 4.69) is 24.3 Å². The van der Waals surface area contributed by atoms with Gasteiger partial charge in [-0.2, -0.15) is 0 Å². The van der Waals surface area contributed by atoms with E-state index < -0.39 is 0 Å². The Morgan fingerprint density at radius 1 is 0.920 bits per heavy atom. The van der Waals surface area contributed by atoms with E-state index in [1.54, 1.807) is 19.1 Å². The Bertz CT molecular complexity index is 622. The summed E-state index contributed by atoms with van der Waals surface area (Å²) in [6, 6.07) is 6.33. The van der Waals surface area contributed by atoms with Gasteiger partial charge in [-0.1, -0.05) is 12.2 Å². The van der Waals surface area contributed by atoms with E-state index in [4.69, 9.17) is 9.47 Å². The topological polar surface area (TPSA) is 27.3 Å². The lowest BCUT2D eigenvalue weighted by atomic mass is 9.93. The summed E-state index contributed by atoms with van der Waals surface area (Å²) in [5.74, 6) is 4.42. The van der Waals surface area contributed by atoms with Gasteiger partial charge in [0.05, 0.1) is 20.8 Å².